The second kappa shape index (κ2) is 9.93. The van der Waals surface area contributed by atoms with Gasteiger partial charge in [0.05, 0.1) is 13.5 Å². The smallest absolute Gasteiger partial charge is 0.306 e. The number of esters is 1. The third kappa shape index (κ3) is 8.39. The summed E-state index contributed by atoms with van der Waals surface area (Å²) in [5, 5.41) is 3.23. The average Bonchev–Trinajstić information content (AvgIpc) is 2.26. The van der Waals surface area contributed by atoms with Crippen LogP contribution in [0.3, 0.4) is 0 Å². The van der Waals surface area contributed by atoms with Crippen LogP contribution < -0.4 is 5.32 Å². The summed E-state index contributed by atoms with van der Waals surface area (Å²) in [6.45, 7) is 9.28. The molecule has 0 bridgehead atoms. The SMILES string of the molecule is CCCN(CC)CCNCCC(=O)OC. The van der Waals surface area contributed by atoms with Gasteiger partial charge >= 0.3 is 5.97 Å². The summed E-state index contributed by atoms with van der Waals surface area (Å²) in [5.41, 5.74) is 0. The number of ether oxygens (including phenoxy) is 1. The second-order valence-corrected chi connectivity index (χ2v) is 3.51. The number of carbonyl (C=O) groups is 1. The molecule has 0 aliphatic carbocycles. The molecule has 0 heterocycles. The van der Waals surface area contributed by atoms with Gasteiger partial charge in [-0.05, 0) is 19.5 Å². The standard InChI is InChI=1S/C11H24N2O2/c1-4-9-13(5-2)10-8-12-7-6-11(14)15-3/h12H,4-10H2,1-3H3. The summed E-state index contributed by atoms with van der Waals surface area (Å²) < 4.78 is 4.55. The van der Waals surface area contributed by atoms with Gasteiger partial charge in [0.2, 0.25) is 0 Å². The first-order chi connectivity index (χ1) is 7.24. The highest BCUT2D eigenvalue weighted by Crippen LogP contribution is 1.89. The van der Waals surface area contributed by atoms with Gasteiger partial charge in [-0.3, -0.25) is 4.79 Å². The number of likely N-dealkylation sites (N-methyl/N-ethyl adjacent to an activating group) is 1. The number of rotatable bonds is 9. The largest absolute Gasteiger partial charge is 0.469 e. The van der Waals surface area contributed by atoms with Crippen LogP contribution >= 0.6 is 0 Å². The van der Waals surface area contributed by atoms with Crippen LogP contribution in [0.15, 0.2) is 0 Å². The second-order valence-electron chi connectivity index (χ2n) is 3.51. The zero-order valence-corrected chi connectivity index (χ0v) is 10.2. The monoisotopic (exact) mass is 216 g/mol. The molecular weight excluding hydrogens is 192 g/mol. The molecule has 0 radical (unpaired) electrons. The summed E-state index contributed by atoms with van der Waals surface area (Å²) in [6, 6.07) is 0. The van der Waals surface area contributed by atoms with Crippen molar-refractivity contribution in [2.24, 2.45) is 0 Å². The predicted octanol–water partition coefficient (Wildman–Crippen LogP) is 0.871. The molecule has 0 unspecified atom stereocenters. The number of hydrogen-bond donors (Lipinski definition) is 1. The van der Waals surface area contributed by atoms with Gasteiger partial charge in [0.1, 0.15) is 0 Å². The molecule has 0 atom stereocenters. The van der Waals surface area contributed by atoms with Gasteiger partial charge in [-0.1, -0.05) is 13.8 Å². The van der Waals surface area contributed by atoms with Gasteiger partial charge in [-0.25, -0.2) is 0 Å². The van der Waals surface area contributed by atoms with Crippen LogP contribution in [0.5, 0.6) is 0 Å². The van der Waals surface area contributed by atoms with Crippen molar-refractivity contribution in [2.45, 2.75) is 26.7 Å². The Balaban J connectivity index is 3.32. The van der Waals surface area contributed by atoms with Gasteiger partial charge < -0.3 is 15.0 Å². The van der Waals surface area contributed by atoms with Crippen molar-refractivity contribution in [3.05, 3.63) is 0 Å². The van der Waals surface area contributed by atoms with Crippen molar-refractivity contribution in [1.82, 2.24) is 10.2 Å². The van der Waals surface area contributed by atoms with E-state index in [2.05, 4.69) is 28.8 Å². The highest BCUT2D eigenvalue weighted by Gasteiger charge is 2.01. The first-order valence-electron chi connectivity index (χ1n) is 5.74. The lowest BCUT2D eigenvalue weighted by Crippen LogP contribution is -2.33. The highest BCUT2D eigenvalue weighted by molar-refractivity contribution is 5.69. The van der Waals surface area contributed by atoms with E-state index in [1.165, 1.54) is 13.5 Å². The summed E-state index contributed by atoms with van der Waals surface area (Å²) in [6.07, 6.45) is 1.65. The summed E-state index contributed by atoms with van der Waals surface area (Å²) in [7, 11) is 1.42. The van der Waals surface area contributed by atoms with E-state index < -0.39 is 0 Å². The van der Waals surface area contributed by atoms with E-state index in [0.717, 1.165) is 26.2 Å². The maximum atomic E-state index is 10.8. The molecule has 15 heavy (non-hydrogen) atoms. The summed E-state index contributed by atoms with van der Waals surface area (Å²) in [5.74, 6) is -0.150. The van der Waals surface area contributed by atoms with Crippen molar-refractivity contribution in [3.8, 4) is 0 Å². The van der Waals surface area contributed by atoms with Crippen LogP contribution in [0.1, 0.15) is 26.7 Å². The predicted molar refractivity (Wildman–Crippen MR) is 61.9 cm³/mol. The Labute approximate surface area is 93.0 Å². The fraction of sp³-hybridized carbons (Fsp3) is 0.909. The molecule has 0 amide bonds. The van der Waals surface area contributed by atoms with E-state index in [0.29, 0.717) is 13.0 Å². The molecule has 0 aliphatic rings. The summed E-state index contributed by atoms with van der Waals surface area (Å²) in [4.78, 5) is 13.2. The third-order valence-electron chi connectivity index (χ3n) is 2.33. The molecular formula is C11H24N2O2. The van der Waals surface area contributed by atoms with Gasteiger partial charge in [0.25, 0.3) is 0 Å². The maximum Gasteiger partial charge on any atom is 0.306 e. The van der Waals surface area contributed by atoms with E-state index in [-0.39, 0.29) is 5.97 Å². The number of nitrogens with zero attached hydrogens (tertiary/aromatic N) is 1. The molecule has 0 aromatic rings. The lowest BCUT2D eigenvalue weighted by atomic mass is 10.4. The molecule has 0 aromatic carbocycles. The van der Waals surface area contributed by atoms with E-state index in [1.54, 1.807) is 0 Å². The quantitative estimate of drug-likeness (QED) is 0.459. The lowest BCUT2D eigenvalue weighted by molar-refractivity contribution is -0.140. The van der Waals surface area contributed by atoms with Crippen LogP contribution in [0.2, 0.25) is 0 Å². The van der Waals surface area contributed by atoms with Gasteiger partial charge in [-0.15, -0.1) is 0 Å². The Morgan fingerprint density at radius 1 is 1.27 bits per heavy atom. The average molecular weight is 216 g/mol. The first-order valence-corrected chi connectivity index (χ1v) is 5.74. The minimum atomic E-state index is -0.150. The maximum absolute atomic E-state index is 10.8. The fourth-order valence-corrected chi connectivity index (χ4v) is 1.40. The number of methoxy groups -OCH3 is 1. The van der Waals surface area contributed by atoms with Crippen LogP contribution in [0, 0.1) is 0 Å². The minimum absolute atomic E-state index is 0.150. The Morgan fingerprint density at radius 2 is 2.00 bits per heavy atom. The molecule has 1 N–H and O–H groups in total. The van der Waals surface area contributed by atoms with E-state index in [1.807, 2.05) is 0 Å². The van der Waals surface area contributed by atoms with E-state index >= 15 is 0 Å². The zero-order valence-electron chi connectivity index (χ0n) is 10.2. The molecule has 4 heteroatoms. The van der Waals surface area contributed by atoms with Crippen molar-refractivity contribution >= 4 is 5.97 Å². The number of nitrogens with one attached hydrogen (secondary N) is 1. The van der Waals surface area contributed by atoms with Crippen LogP contribution in [0.25, 0.3) is 0 Å². The van der Waals surface area contributed by atoms with Gasteiger partial charge in [-0.2, -0.15) is 0 Å². The Hall–Kier alpha value is -0.610. The molecule has 0 spiro atoms. The fourth-order valence-electron chi connectivity index (χ4n) is 1.40. The zero-order chi connectivity index (χ0) is 11.5. The summed E-state index contributed by atoms with van der Waals surface area (Å²) >= 11 is 0. The van der Waals surface area contributed by atoms with Gasteiger partial charge in [0, 0.05) is 19.6 Å². The van der Waals surface area contributed by atoms with Crippen LogP contribution in [-0.4, -0.2) is 50.7 Å². The van der Waals surface area contributed by atoms with Crippen LogP contribution in [0.4, 0.5) is 0 Å². The van der Waals surface area contributed by atoms with E-state index in [9.17, 15) is 4.79 Å². The molecule has 0 aromatic heterocycles. The van der Waals surface area contributed by atoms with Crippen molar-refractivity contribution < 1.29 is 9.53 Å². The topological polar surface area (TPSA) is 41.6 Å². The van der Waals surface area contributed by atoms with Crippen molar-refractivity contribution in [2.75, 3.05) is 39.8 Å². The van der Waals surface area contributed by atoms with E-state index in [4.69, 9.17) is 0 Å². The molecule has 4 nitrogen and oxygen atoms in total. The van der Waals surface area contributed by atoms with Crippen molar-refractivity contribution in [1.29, 1.82) is 0 Å². The molecule has 0 fully saturated rings. The highest BCUT2D eigenvalue weighted by atomic mass is 16.5. The Bertz CT molecular complexity index is 163. The number of hydrogen-bond acceptors (Lipinski definition) is 4. The molecule has 0 saturated heterocycles. The molecule has 90 valence electrons. The lowest BCUT2D eigenvalue weighted by Gasteiger charge is -2.19. The Morgan fingerprint density at radius 3 is 2.53 bits per heavy atom. The normalized spacial score (nSPS) is 10.7. The number of carbonyl (C=O) groups excluding carboxylic acids is 1. The molecule has 0 aliphatic heterocycles. The first kappa shape index (κ1) is 14.4. The third-order valence-corrected chi connectivity index (χ3v) is 2.33. The molecule has 0 rings (SSSR count). The van der Waals surface area contributed by atoms with Crippen LogP contribution in [-0.2, 0) is 9.53 Å². The minimum Gasteiger partial charge on any atom is -0.469 e. The van der Waals surface area contributed by atoms with Gasteiger partial charge in [0.15, 0.2) is 0 Å². The molecule has 0 saturated carbocycles. The Kier molecular flexibility index (Phi) is 9.52. The van der Waals surface area contributed by atoms with Crippen molar-refractivity contribution in [3.63, 3.8) is 0 Å².